The summed E-state index contributed by atoms with van der Waals surface area (Å²) in [6.07, 6.45) is -2.78. The summed E-state index contributed by atoms with van der Waals surface area (Å²) in [5.74, 6) is -2.05. The van der Waals surface area contributed by atoms with Crippen LogP contribution in [-0.4, -0.2) is 39.6 Å². The van der Waals surface area contributed by atoms with Crippen LogP contribution in [0.3, 0.4) is 0 Å². The van der Waals surface area contributed by atoms with Crippen molar-refractivity contribution in [3.8, 4) is 0 Å². The van der Waals surface area contributed by atoms with E-state index in [0.29, 0.717) is 12.1 Å². The summed E-state index contributed by atoms with van der Waals surface area (Å²) in [7, 11) is -2.45. The Kier molecular flexibility index (Phi) is 7.01. The van der Waals surface area contributed by atoms with Crippen molar-refractivity contribution in [2.45, 2.75) is 31.6 Å². The number of alkyl halides is 2. The van der Waals surface area contributed by atoms with E-state index in [2.05, 4.69) is 20.8 Å². The van der Waals surface area contributed by atoms with Gasteiger partial charge in [0.05, 0.1) is 21.4 Å². The maximum Gasteiger partial charge on any atom is 0.317 e. The highest BCUT2D eigenvalue weighted by Gasteiger charge is 2.69. The molecule has 2 aromatic rings. The highest BCUT2D eigenvalue weighted by atomic mass is 32.2. The van der Waals surface area contributed by atoms with Crippen LogP contribution in [0.4, 0.5) is 25.8 Å². The summed E-state index contributed by atoms with van der Waals surface area (Å²) in [6, 6.07) is 11.0. The molecular formula is C22H25F2N5O5S. The minimum Gasteiger partial charge on any atom is -0.359 e. The molecule has 2 atom stereocenters. The Bertz CT molecular complexity index is 1240. The molecule has 35 heavy (non-hydrogen) atoms. The number of carbonyl (C=O) groups is 3. The molecule has 1 saturated carbocycles. The van der Waals surface area contributed by atoms with Crippen molar-refractivity contribution in [3.05, 3.63) is 48.5 Å². The van der Waals surface area contributed by atoms with Gasteiger partial charge in [-0.25, -0.2) is 8.42 Å². The zero-order valence-electron chi connectivity index (χ0n) is 19.1. The molecule has 0 bridgehead atoms. The number of benzene rings is 2. The van der Waals surface area contributed by atoms with Crippen LogP contribution in [0.2, 0.25) is 0 Å². The lowest BCUT2D eigenvalue weighted by Crippen LogP contribution is -2.35. The number of hydrogen-bond donors (Lipinski definition) is 5. The van der Waals surface area contributed by atoms with Gasteiger partial charge in [0, 0.05) is 18.4 Å². The lowest BCUT2D eigenvalue weighted by Gasteiger charge is -2.17. The van der Waals surface area contributed by atoms with Crippen molar-refractivity contribution in [2.75, 3.05) is 22.5 Å². The first-order valence-corrected chi connectivity index (χ1v) is 11.9. The van der Waals surface area contributed by atoms with Crippen LogP contribution in [-0.2, 0) is 24.4 Å². The Hall–Kier alpha value is -3.74. The molecule has 0 radical (unpaired) electrons. The molecular weight excluding hydrogens is 484 g/mol. The maximum atomic E-state index is 12.7. The number of amides is 3. The number of nitrogens with one attached hydrogen (secondary N) is 5. The van der Waals surface area contributed by atoms with Gasteiger partial charge in [-0.15, -0.1) is 0 Å². The largest absolute Gasteiger partial charge is 0.359 e. The van der Waals surface area contributed by atoms with Gasteiger partial charge in [-0.2, -0.15) is 8.78 Å². The highest BCUT2D eigenvalue weighted by molar-refractivity contribution is 7.92. The fourth-order valence-electron chi connectivity index (χ4n) is 3.61. The van der Waals surface area contributed by atoms with Crippen LogP contribution in [0.15, 0.2) is 53.4 Å². The second kappa shape index (κ2) is 9.49. The fraction of sp³-hybridized carbons (Fsp3) is 0.318. The zero-order chi connectivity index (χ0) is 26.0. The van der Waals surface area contributed by atoms with Crippen LogP contribution in [0.25, 0.3) is 0 Å². The van der Waals surface area contributed by atoms with Crippen LogP contribution < -0.4 is 26.2 Å². The van der Waals surface area contributed by atoms with Crippen molar-refractivity contribution in [1.29, 1.82) is 0 Å². The zero-order valence-corrected chi connectivity index (χ0v) is 19.9. The van der Waals surface area contributed by atoms with Crippen molar-refractivity contribution >= 4 is 44.8 Å². The first-order chi connectivity index (χ1) is 16.3. The summed E-state index contributed by atoms with van der Waals surface area (Å²) >= 11 is 0. The third-order valence-corrected chi connectivity index (χ3v) is 7.51. The van der Waals surface area contributed by atoms with Crippen molar-refractivity contribution in [2.24, 2.45) is 10.8 Å². The minimum atomic E-state index is -3.96. The number of carbonyl (C=O) groups excluding carboxylic acids is 3. The first-order valence-electron chi connectivity index (χ1n) is 10.4. The molecule has 2 aromatic carbocycles. The SMILES string of the molecule is CNC(=O)C1(C)CC1(C)C(=O)Nc1ccc(S(=O)(=O)Nc2ccc(NNC(=O)C(F)F)cc2)cc1. The van der Waals surface area contributed by atoms with E-state index in [9.17, 15) is 31.6 Å². The predicted octanol–water partition coefficient (Wildman–Crippen LogP) is 2.30. The molecule has 13 heteroatoms. The number of hydrogen-bond acceptors (Lipinski definition) is 6. The molecule has 2 unspecified atom stereocenters. The Morgan fingerprint density at radius 3 is 1.91 bits per heavy atom. The van der Waals surface area contributed by atoms with E-state index < -0.39 is 33.2 Å². The van der Waals surface area contributed by atoms with E-state index in [1.54, 1.807) is 13.8 Å². The molecule has 0 spiro atoms. The summed E-state index contributed by atoms with van der Waals surface area (Å²) in [6.45, 7) is 3.42. The van der Waals surface area contributed by atoms with E-state index in [4.69, 9.17) is 0 Å². The predicted molar refractivity (Wildman–Crippen MR) is 125 cm³/mol. The molecule has 1 aliphatic carbocycles. The second-order valence-electron chi connectivity index (χ2n) is 8.50. The topological polar surface area (TPSA) is 146 Å². The first kappa shape index (κ1) is 25.9. The van der Waals surface area contributed by atoms with Gasteiger partial charge in [0.1, 0.15) is 0 Å². The van der Waals surface area contributed by atoms with E-state index in [0.717, 1.165) is 0 Å². The summed E-state index contributed by atoms with van der Waals surface area (Å²) in [5.41, 5.74) is 3.25. The van der Waals surface area contributed by atoms with Gasteiger partial charge < -0.3 is 10.6 Å². The fourth-order valence-corrected chi connectivity index (χ4v) is 4.67. The summed E-state index contributed by atoms with van der Waals surface area (Å²) < 4.78 is 52.1. The van der Waals surface area contributed by atoms with Crippen molar-refractivity contribution in [1.82, 2.24) is 10.7 Å². The highest BCUT2D eigenvalue weighted by Crippen LogP contribution is 2.64. The molecule has 188 valence electrons. The lowest BCUT2D eigenvalue weighted by atomic mass is 9.94. The van der Waals surface area contributed by atoms with Crippen molar-refractivity contribution < 1.29 is 31.6 Å². The van der Waals surface area contributed by atoms with E-state index >= 15 is 0 Å². The average molecular weight is 510 g/mol. The number of rotatable bonds is 9. The van der Waals surface area contributed by atoms with E-state index in [-0.39, 0.29) is 28.1 Å². The van der Waals surface area contributed by atoms with Gasteiger partial charge in [0.15, 0.2) is 0 Å². The molecule has 0 aromatic heterocycles. The van der Waals surface area contributed by atoms with Gasteiger partial charge in [0.2, 0.25) is 11.8 Å². The van der Waals surface area contributed by atoms with Crippen LogP contribution >= 0.6 is 0 Å². The quantitative estimate of drug-likeness (QED) is 0.328. The Labute approximate surface area is 200 Å². The van der Waals surface area contributed by atoms with Gasteiger partial charge in [-0.1, -0.05) is 0 Å². The van der Waals surface area contributed by atoms with E-state index in [1.807, 2.05) is 5.43 Å². The molecule has 3 amide bonds. The normalized spacial score (nSPS) is 21.1. The van der Waals surface area contributed by atoms with Gasteiger partial charge in [0.25, 0.3) is 10.0 Å². The van der Waals surface area contributed by atoms with Crippen LogP contribution in [0.5, 0.6) is 0 Å². The summed E-state index contributed by atoms with van der Waals surface area (Å²) in [5, 5.41) is 5.29. The maximum absolute atomic E-state index is 12.7. The van der Waals surface area contributed by atoms with Gasteiger partial charge in [-0.05, 0) is 68.8 Å². The molecule has 0 aliphatic heterocycles. The summed E-state index contributed by atoms with van der Waals surface area (Å²) in [4.78, 5) is 35.6. The molecule has 1 aliphatic rings. The molecule has 0 saturated heterocycles. The minimum absolute atomic E-state index is 0.0604. The molecule has 10 nitrogen and oxygen atoms in total. The van der Waals surface area contributed by atoms with Gasteiger partial charge in [-0.3, -0.25) is 30.0 Å². The molecule has 3 rings (SSSR count). The third kappa shape index (κ3) is 5.34. The van der Waals surface area contributed by atoms with Crippen LogP contribution in [0.1, 0.15) is 20.3 Å². The number of sulfonamides is 1. The number of halogens is 2. The molecule has 5 N–H and O–H groups in total. The number of hydrazine groups is 1. The van der Waals surface area contributed by atoms with Gasteiger partial charge >= 0.3 is 12.3 Å². The third-order valence-electron chi connectivity index (χ3n) is 6.12. The monoisotopic (exact) mass is 509 g/mol. The standard InChI is InChI=1S/C22H25F2N5O5S/c1-21(19(31)25-3)12-22(21,2)20(32)26-13-8-10-16(11-9-13)35(33,34)29-15-6-4-14(5-7-15)27-28-18(30)17(23)24/h4-11,17,27,29H,12H2,1-3H3,(H,25,31)(H,26,32)(H,28,30). The van der Waals surface area contributed by atoms with E-state index in [1.165, 1.54) is 55.6 Å². The number of anilines is 3. The van der Waals surface area contributed by atoms with Crippen molar-refractivity contribution in [3.63, 3.8) is 0 Å². The second-order valence-corrected chi connectivity index (χ2v) is 10.2. The molecule has 1 fully saturated rings. The Morgan fingerprint density at radius 1 is 0.857 bits per heavy atom. The molecule has 0 heterocycles. The smallest absolute Gasteiger partial charge is 0.317 e. The lowest BCUT2D eigenvalue weighted by molar-refractivity contribution is -0.131. The Morgan fingerprint density at radius 2 is 1.37 bits per heavy atom. The average Bonchev–Trinajstić information content (AvgIpc) is 3.41. The Balaban J connectivity index is 1.61. The van der Waals surface area contributed by atoms with Crippen LogP contribution in [0, 0.1) is 10.8 Å².